The Balaban J connectivity index is 1.71. The van der Waals surface area contributed by atoms with E-state index in [9.17, 15) is 4.79 Å². The summed E-state index contributed by atoms with van der Waals surface area (Å²) in [6.07, 6.45) is 4.61. The minimum atomic E-state index is -0.998. The maximum absolute atomic E-state index is 11.0. The molecule has 0 saturated carbocycles. The molecule has 0 aliphatic carbocycles. The van der Waals surface area contributed by atoms with Crippen molar-refractivity contribution in [3.63, 3.8) is 0 Å². The lowest BCUT2D eigenvalue weighted by Crippen LogP contribution is -1.97. The van der Waals surface area contributed by atoms with Gasteiger partial charge in [0.25, 0.3) is 0 Å². The summed E-state index contributed by atoms with van der Waals surface area (Å²) in [6, 6.07) is 9.11. The molecule has 2 heterocycles. The summed E-state index contributed by atoms with van der Waals surface area (Å²) in [5, 5.41) is 15.5. The molecule has 1 aromatic carbocycles. The van der Waals surface area contributed by atoms with E-state index in [1.54, 1.807) is 23.9 Å². The third-order valence-corrected chi connectivity index (χ3v) is 3.89. The zero-order valence-electron chi connectivity index (χ0n) is 12.4. The number of hydrazone groups is 1. The van der Waals surface area contributed by atoms with Crippen LogP contribution in [0.4, 0.5) is 10.9 Å². The van der Waals surface area contributed by atoms with Gasteiger partial charge in [0.05, 0.1) is 11.8 Å². The van der Waals surface area contributed by atoms with Crippen molar-refractivity contribution in [2.45, 2.75) is 0 Å². The Labute approximate surface area is 141 Å². The monoisotopic (exact) mass is 339 g/mol. The third-order valence-electron chi connectivity index (χ3n) is 3.12. The van der Waals surface area contributed by atoms with E-state index in [1.807, 2.05) is 24.3 Å². The number of nitrogen functional groups attached to an aromatic ring is 1. The minimum absolute atomic E-state index is 0.157. The number of benzene rings is 1. The average molecular weight is 339 g/mol. The van der Waals surface area contributed by atoms with Crippen molar-refractivity contribution >= 4 is 34.5 Å². The number of hydrogen-bond acceptors (Lipinski definition) is 7. The fourth-order valence-electron chi connectivity index (χ4n) is 1.98. The Morgan fingerprint density at radius 3 is 2.71 bits per heavy atom. The highest BCUT2D eigenvalue weighted by Crippen LogP contribution is 2.20. The molecule has 0 saturated heterocycles. The zero-order valence-corrected chi connectivity index (χ0v) is 13.2. The van der Waals surface area contributed by atoms with Gasteiger partial charge < -0.3 is 10.8 Å². The summed E-state index contributed by atoms with van der Waals surface area (Å²) < 4.78 is 0. The van der Waals surface area contributed by atoms with Gasteiger partial charge in [-0.1, -0.05) is 24.3 Å². The maximum atomic E-state index is 11.0. The molecular weight excluding hydrogens is 326 g/mol. The molecule has 8 heteroatoms. The summed E-state index contributed by atoms with van der Waals surface area (Å²) in [5.41, 5.74) is 11.0. The minimum Gasteiger partial charge on any atom is -0.478 e. The third kappa shape index (κ3) is 3.73. The molecule has 0 bridgehead atoms. The number of thiazole rings is 1. The average Bonchev–Trinajstić information content (AvgIpc) is 3.01. The number of nitrogens with zero attached hydrogens (tertiary/aromatic N) is 3. The number of pyridine rings is 1. The Kier molecular flexibility index (Phi) is 4.48. The van der Waals surface area contributed by atoms with E-state index < -0.39 is 5.97 Å². The number of aromatic nitrogens is 2. The molecule has 120 valence electrons. The highest BCUT2D eigenvalue weighted by Gasteiger charge is 2.05. The zero-order chi connectivity index (χ0) is 16.9. The van der Waals surface area contributed by atoms with Gasteiger partial charge in [0.2, 0.25) is 5.13 Å². The number of carbonyl (C=O) groups is 1. The van der Waals surface area contributed by atoms with Crippen molar-refractivity contribution < 1.29 is 9.90 Å². The van der Waals surface area contributed by atoms with Crippen LogP contribution in [0, 0.1) is 0 Å². The van der Waals surface area contributed by atoms with Crippen molar-refractivity contribution in [1.29, 1.82) is 0 Å². The molecule has 4 N–H and O–H groups in total. The van der Waals surface area contributed by atoms with E-state index in [2.05, 4.69) is 20.5 Å². The second kappa shape index (κ2) is 6.88. The fourth-order valence-corrected chi connectivity index (χ4v) is 2.52. The molecule has 0 aliphatic heterocycles. The van der Waals surface area contributed by atoms with E-state index in [-0.39, 0.29) is 5.56 Å². The summed E-state index contributed by atoms with van der Waals surface area (Å²) in [5.74, 6) is -0.541. The first-order valence-electron chi connectivity index (χ1n) is 6.91. The van der Waals surface area contributed by atoms with Crippen LogP contribution in [-0.4, -0.2) is 27.3 Å². The number of anilines is 2. The predicted molar refractivity (Wildman–Crippen MR) is 94.4 cm³/mol. The second-order valence-corrected chi connectivity index (χ2v) is 5.70. The van der Waals surface area contributed by atoms with Gasteiger partial charge in [0, 0.05) is 23.3 Å². The summed E-state index contributed by atoms with van der Waals surface area (Å²) in [6.45, 7) is 0. The first-order chi connectivity index (χ1) is 11.6. The second-order valence-electron chi connectivity index (χ2n) is 4.84. The van der Waals surface area contributed by atoms with Crippen LogP contribution >= 0.6 is 11.3 Å². The molecule has 3 rings (SSSR count). The molecule has 0 radical (unpaired) electrons. The maximum Gasteiger partial charge on any atom is 0.337 e. The van der Waals surface area contributed by atoms with Crippen LogP contribution in [0.25, 0.3) is 11.1 Å². The van der Waals surface area contributed by atoms with Crippen LogP contribution in [0.5, 0.6) is 0 Å². The van der Waals surface area contributed by atoms with Crippen molar-refractivity contribution in [3.8, 4) is 11.1 Å². The molecule has 3 aromatic rings. The van der Waals surface area contributed by atoms with Gasteiger partial charge in [-0.05, 0) is 17.2 Å². The van der Waals surface area contributed by atoms with Crippen LogP contribution in [0.3, 0.4) is 0 Å². The smallest absolute Gasteiger partial charge is 0.337 e. The van der Waals surface area contributed by atoms with E-state index in [4.69, 9.17) is 10.8 Å². The van der Waals surface area contributed by atoms with Gasteiger partial charge in [-0.2, -0.15) is 5.10 Å². The lowest BCUT2D eigenvalue weighted by atomic mass is 10.0. The molecule has 0 atom stereocenters. The predicted octanol–water partition coefficient (Wildman–Crippen LogP) is 2.93. The van der Waals surface area contributed by atoms with Crippen LogP contribution in [0.15, 0.2) is 53.2 Å². The van der Waals surface area contributed by atoms with Crippen molar-refractivity contribution in [3.05, 3.63) is 59.2 Å². The summed E-state index contributed by atoms with van der Waals surface area (Å²) in [7, 11) is 0. The normalized spacial score (nSPS) is 10.8. The van der Waals surface area contributed by atoms with Crippen molar-refractivity contribution in [2.75, 3.05) is 11.2 Å². The van der Waals surface area contributed by atoms with Crippen LogP contribution in [-0.2, 0) is 0 Å². The lowest BCUT2D eigenvalue weighted by molar-refractivity contribution is 0.0696. The van der Waals surface area contributed by atoms with Crippen molar-refractivity contribution in [2.24, 2.45) is 5.10 Å². The van der Waals surface area contributed by atoms with Gasteiger partial charge in [-0.15, -0.1) is 11.3 Å². The van der Waals surface area contributed by atoms with Crippen molar-refractivity contribution in [1.82, 2.24) is 9.97 Å². The number of carboxylic acids is 1. The Morgan fingerprint density at radius 2 is 2.04 bits per heavy atom. The van der Waals surface area contributed by atoms with E-state index >= 15 is 0 Å². The SMILES string of the molecule is Nc1csc(NN=Cc2ccc(-c3cncc(C(=O)O)c3)cc2)n1. The number of aromatic carboxylic acids is 1. The number of rotatable bonds is 5. The van der Waals surface area contributed by atoms with Crippen LogP contribution in [0.1, 0.15) is 15.9 Å². The molecule has 0 aliphatic rings. The molecule has 24 heavy (non-hydrogen) atoms. The Morgan fingerprint density at radius 1 is 1.25 bits per heavy atom. The molecule has 2 aromatic heterocycles. The Bertz CT molecular complexity index is 889. The summed E-state index contributed by atoms with van der Waals surface area (Å²) in [4.78, 5) is 19.0. The van der Waals surface area contributed by atoms with Crippen LogP contribution < -0.4 is 11.2 Å². The molecule has 0 unspecified atom stereocenters. The number of hydrogen-bond donors (Lipinski definition) is 3. The van der Waals surface area contributed by atoms with Crippen LogP contribution in [0.2, 0.25) is 0 Å². The fraction of sp³-hybridized carbons (Fsp3) is 0. The number of carboxylic acid groups (broad SMARTS) is 1. The summed E-state index contributed by atoms with van der Waals surface area (Å²) >= 11 is 1.37. The quantitative estimate of drug-likeness (QED) is 0.486. The molecule has 7 nitrogen and oxygen atoms in total. The first-order valence-corrected chi connectivity index (χ1v) is 7.78. The topological polar surface area (TPSA) is 113 Å². The van der Waals surface area contributed by atoms with E-state index in [0.29, 0.717) is 10.9 Å². The van der Waals surface area contributed by atoms with Gasteiger partial charge in [-0.3, -0.25) is 10.4 Å². The van der Waals surface area contributed by atoms with E-state index in [1.165, 1.54) is 17.5 Å². The first kappa shape index (κ1) is 15.6. The largest absolute Gasteiger partial charge is 0.478 e. The van der Waals surface area contributed by atoms with Gasteiger partial charge >= 0.3 is 5.97 Å². The van der Waals surface area contributed by atoms with Gasteiger partial charge in [0.15, 0.2) is 0 Å². The molecule has 0 spiro atoms. The number of nitrogens with two attached hydrogens (primary N) is 1. The lowest BCUT2D eigenvalue weighted by Gasteiger charge is -2.03. The highest BCUT2D eigenvalue weighted by atomic mass is 32.1. The Hall–Kier alpha value is -3.26. The number of nitrogens with one attached hydrogen (secondary N) is 1. The van der Waals surface area contributed by atoms with E-state index in [0.717, 1.165) is 16.7 Å². The highest BCUT2D eigenvalue weighted by molar-refractivity contribution is 7.14. The molecular formula is C16H13N5O2S. The molecule has 0 fully saturated rings. The van der Waals surface area contributed by atoms with Gasteiger partial charge in [0.1, 0.15) is 5.82 Å². The molecule has 0 amide bonds. The van der Waals surface area contributed by atoms with Gasteiger partial charge in [-0.25, -0.2) is 9.78 Å². The standard InChI is InChI=1S/C16H13N5O2S/c17-14-9-24-16(20-14)21-19-6-10-1-3-11(4-2-10)12-5-13(15(22)23)8-18-7-12/h1-9H,17H2,(H,20,21)(H,22,23).